The Balaban J connectivity index is 2.73. The first-order valence-corrected chi connectivity index (χ1v) is 5.37. The molecule has 1 nitrogen and oxygen atoms in total. The molecule has 0 unspecified atom stereocenters. The summed E-state index contributed by atoms with van der Waals surface area (Å²) in [5, 5.41) is 1.31. The lowest BCUT2D eigenvalue weighted by Gasteiger charge is -2.17. The predicted octanol–water partition coefficient (Wildman–Crippen LogP) is 2.96. The van der Waals surface area contributed by atoms with Crippen molar-refractivity contribution < 1.29 is 4.57 Å². The molecule has 1 heterocycles. The minimum absolute atomic E-state index is 0.210. The molecule has 1 aromatic carbocycles. The predicted molar refractivity (Wildman–Crippen MR) is 63.8 cm³/mol. The molecule has 78 valence electrons. The number of fused-ring (bicyclic) bond motifs is 1. The maximum Gasteiger partial charge on any atom is 0.212 e. The van der Waals surface area contributed by atoms with E-state index in [1.165, 1.54) is 16.5 Å². The average Bonchev–Trinajstić information content (AvgIpc) is 2.16. The fourth-order valence-electron chi connectivity index (χ4n) is 1.82. The van der Waals surface area contributed by atoms with Gasteiger partial charge in [-0.2, -0.15) is 0 Å². The Bertz CT molecular complexity index is 492. The highest BCUT2D eigenvalue weighted by molar-refractivity contribution is 5.76. The summed E-state index contributed by atoms with van der Waals surface area (Å²) < 4.78 is 2.20. The lowest BCUT2D eigenvalue weighted by Crippen LogP contribution is -2.31. The van der Waals surface area contributed by atoms with Crippen LogP contribution in [0.4, 0.5) is 0 Å². The summed E-state index contributed by atoms with van der Waals surface area (Å²) in [5.74, 6) is 0. The largest absolute Gasteiger partial charge is 0.212 e. The van der Waals surface area contributed by atoms with Crippen LogP contribution in [-0.4, -0.2) is 0 Å². The standard InChI is InChI=1S/C14H18N/c1-14(2,3)12-9-11-7-5-6-8-13(11)15(4)10-12/h5-10H,1-4H3/q+1. The van der Waals surface area contributed by atoms with Gasteiger partial charge in [-0.1, -0.05) is 32.9 Å². The molecule has 0 spiro atoms. The molecule has 0 aliphatic rings. The molecule has 0 saturated heterocycles. The topological polar surface area (TPSA) is 3.88 Å². The van der Waals surface area contributed by atoms with Gasteiger partial charge in [0.15, 0.2) is 6.20 Å². The third-order valence-electron chi connectivity index (χ3n) is 2.83. The van der Waals surface area contributed by atoms with Crippen LogP contribution in [0.15, 0.2) is 36.5 Å². The van der Waals surface area contributed by atoms with E-state index in [0.717, 1.165) is 0 Å². The molecule has 0 saturated carbocycles. The molecule has 0 amide bonds. The Kier molecular flexibility index (Phi) is 2.26. The van der Waals surface area contributed by atoms with Crippen molar-refractivity contribution in [1.29, 1.82) is 0 Å². The first kappa shape index (κ1) is 10.2. The molecule has 0 aliphatic carbocycles. The van der Waals surface area contributed by atoms with E-state index in [-0.39, 0.29) is 5.41 Å². The van der Waals surface area contributed by atoms with Crippen molar-refractivity contribution in [3.63, 3.8) is 0 Å². The van der Waals surface area contributed by atoms with Gasteiger partial charge in [0, 0.05) is 17.0 Å². The lowest BCUT2D eigenvalue weighted by atomic mass is 9.87. The van der Waals surface area contributed by atoms with Crippen LogP contribution in [0.3, 0.4) is 0 Å². The second-order valence-corrected chi connectivity index (χ2v) is 5.15. The van der Waals surface area contributed by atoms with Crippen LogP contribution in [-0.2, 0) is 12.5 Å². The highest BCUT2D eigenvalue weighted by atomic mass is 14.9. The number of aryl methyl sites for hydroxylation is 1. The highest BCUT2D eigenvalue weighted by Crippen LogP contribution is 2.23. The molecule has 0 atom stereocenters. The van der Waals surface area contributed by atoms with E-state index in [0.29, 0.717) is 0 Å². The Morgan fingerprint density at radius 2 is 1.73 bits per heavy atom. The van der Waals surface area contributed by atoms with Crippen molar-refractivity contribution >= 4 is 10.9 Å². The van der Waals surface area contributed by atoms with Crippen LogP contribution in [0.2, 0.25) is 0 Å². The number of nitrogens with zero attached hydrogens (tertiary/aromatic N) is 1. The fraction of sp³-hybridized carbons (Fsp3) is 0.357. The van der Waals surface area contributed by atoms with Crippen LogP contribution in [0.25, 0.3) is 10.9 Å². The van der Waals surface area contributed by atoms with Gasteiger partial charge in [0.05, 0.1) is 0 Å². The third-order valence-corrected chi connectivity index (χ3v) is 2.83. The number of para-hydroxylation sites is 1. The van der Waals surface area contributed by atoms with E-state index >= 15 is 0 Å². The van der Waals surface area contributed by atoms with Gasteiger partial charge in [0.25, 0.3) is 0 Å². The number of hydrogen-bond donors (Lipinski definition) is 0. The van der Waals surface area contributed by atoms with Crippen LogP contribution in [0, 0.1) is 0 Å². The summed E-state index contributed by atoms with van der Waals surface area (Å²) in [5.41, 5.74) is 2.87. The average molecular weight is 200 g/mol. The van der Waals surface area contributed by atoms with Gasteiger partial charge < -0.3 is 0 Å². The molecule has 2 aromatic rings. The lowest BCUT2D eigenvalue weighted by molar-refractivity contribution is -0.645. The van der Waals surface area contributed by atoms with Gasteiger partial charge in [-0.05, 0) is 17.5 Å². The van der Waals surface area contributed by atoms with Crippen LogP contribution >= 0.6 is 0 Å². The molecule has 0 radical (unpaired) electrons. The minimum atomic E-state index is 0.210. The van der Waals surface area contributed by atoms with E-state index < -0.39 is 0 Å². The number of rotatable bonds is 0. The summed E-state index contributed by atoms with van der Waals surface area (Å²) in [6.07, 6.45) is 2.22. The van der Waals surface area contributed by atoms with E-state index in [4.69, 9.17) is 0 Å². The highest BCUT2D eigenvalue weighted by Gasteiger charge is 2.18. The van der Waals surface area contributed by atoms with Crippen molar-refractivity contribution in [2.45, 2.75) is 26.2 Å². The summed E-state index contributed by atoms with van der Waals surface area (Å²) in [7, 11) is 2.11. The maximum atomic E-state index is 2.29. The van der Waals surface area contributed by atoms with Crippen molar-refractivity contribution in [2.24, 2.45) is 7.05 Å². The molecule has 0 N–H and O–H groups in total. The first-order valence-electron chi connectivity index (χ1n) is 5.37. The molecule has 15 heavy (non-hydrogen) atoms. The summed E-state index contributed by atoms with van der Waals surface area (Å²) in [6, 6.07) is 10.8. The SMILES string of the molecule is C[n+]1cc(C(C)(C)C)cc2ccccc21. The van der Waals surface area contributed by atoms with Crippen LogP contribution < -0.4 is 4.57 Å². The van der Waals surface area contributed by atoms with E-state index in [1.54, 1.807) is 0 Å². The van der Waals surface area contributed by atoms with Gasteiger partial charge in [-0.3, -0.25) is 0 Å². The third kappa shape index (κ3) is 1.87. The summed E-state index contributed by atoms with van der Waals surface area (Å²) in [4.78, 5) is 0. The Morgan fingerprint density at radius 3 is 2.40 bits per heavy atom. The monoisotopic (exact) mass is 200 g/mol. The zero-order chi connectivity index (χ0) is 11.1. The number of aromatic nitrogens is 1. The molecular weight excluding hydrogens is 182 g/mol. The molecule has 1 aromatic heterocycles. The van der Waals surface area contributed by atoms with Gasteiger partial charge in [-0.15, -0.1) is 0 Å². The molecule has 1 heteroatoms. The summed E-state index contributed by atoms with van der Waals surface area (Å²) in [6.45, 7) is 6.74. The number of hydrogen-bond acceptors (Lipinski definition) is 0. The summed E-state index contributed by atoms with van der Waals surface area (Å²) >= 11 is 0. The zero-order valence-electron chi connectivity index (χ0n) is 9.91. The van der Waals surface area contributed by atoms with Gasteiger partial charge in [0.1, 0.15) is 7.05 Å². The van der Waals surface area contributed by atoms with Crippen LogP contribution in [0.1, 0.15) is 26.3 Å². The smallest absolute Gasteiger partial charge is 0.201 e. The van der Waals surface area contributed by atoms with Crippen molar-refractivity contribution in [2.75, 3.05) is 0 Å². The van der Waals surface area contributed by atoms with Crippen molar-refractivity contribution in [1.82, 2.24) is 0 Å². The molecule has 0 fully saturated rings. The Labute approximate surface area is 91.4 Å². The Morgan fingerprint density at radius 1 is 1.07 bits per heavy atom. The number of benzene rings is 1. The van der Waals surface area contributed by atoms with E-state index in [1.807, 2.05) is 0 Å². The minimum Gasteiger partial charge on any atom is -0.201 e. The van der Waals surface area contributed by atoms with E-state index in [9.17, 15) is 0 Å². The molecular formula is C14H18N+. The molecule has 0 aliphatic heterocycles. The van der Waals surface area contributed by atoms with Crippen molar-refractivity contribution in [3.8, 4) is 0 Å². The Hall–Kier alpha value is -1.37. The second-order valence-electron chi connectivity index (χ2n) is 5.15. The van der Waals surface area contributed by atoms with Crippen molar-refractivity contribution in [3.05, 3.63) is 42.1 Å². The normalized spacial score (nSPS) is 12.0. The first-order chi connectivity index (χ1) is 6.98. The van der Waals surface area contributed by atoms with Gasteiger partial charge in [0.2, 0.25) is 5.52 Å². The van der Waals surface area contributed by atoms with Gasteiger partial charge in [-0.25, -0.2) is 4.57 Å². The molecule has 0 bridgehead atoms. The maximum absolute atomic E-state index is 2.29. The fourth-order valence-corrected chi connectivity index (χ4v) is 1.82. The zero-order valence-corrected chi connectivity index (χ0v) is 9.91. The van der Waals surface area contributed by atoms with Gasteiger partial charge >= 0.3 is 0 Å². The van der Waals surface area contributed by atoms with E-state index in [2.05, 4.69) is 68.9 Å². The quantitative estimate of drug-likeness (QED) is 0.576. The number of pyridine rings is 1. The molecule has 2 rings (SSSR count). The second kappa shape index (κ2) is 3.34. The van der Waals surface area contributed by atoms with Crippen LogP contribution in [0.5, 0.6) is 0 Å².